The second kappa shape index (κ2) is 7.42. The fourth-order valence-corrected chi connectivity index (χ4v) is 2.89. The number of halogens is 4. The van der Waals surface area contributed by atoms with E-state index in [1.54, 1.807) is 6.07 Å². The molecular weight excluding hydrogens is 388 g/mol. The van der Waals surface area contributed by atoms with Crippen molar-refractivity contribution in [2.24, 2.45) is 0 Å². The number of benzene rings is 1. The summed E-state index contributed by atoms with van der Waals surface area (Å²) in [5.41, 5.74) is 1.18. The first-order valence-electron chi connectivity index (χ1n) is 8.46. The van der Waals surface area contributed by atoms with Crippen LogP contribution < -0.4 is 0 Å². The summed E-state index contributed by atoms with van der Waals surface area (Å²) in [5, 5.41) is 4.12. The monoisotopic (exact) mass is 400 g/mol. The first kappa shape index (κ1) is 18.7. The molecule has 29 heavy (non-hydrogen) atoms. The topological polar surface area (TPSA) is 60.7 Å². The van der Waals surface area contributed by atoms with Crippen LogP contribution in [-0.2, 0) is 6.54 Å². The molecule has 0 unspecified atom stereocenters. The van der Waals surface area contributed by atoms with E-state index in [1.807, 2.05) is 0 Å². The lowest BCUT2D eigenvalue weighted by Crippen LogP contribution is -2.13. The Morgan fingerprint density at radius 3 is 2.52 bits per heavy atom. The van der Waals surface area contributed by atoms with Crippen molar-refractivity contribution in [3.8, 4) is 11.1 Å². The molecule has 0 radical (unpaired) electrons. The molecule has 0 aliphatic carbocycles. The van der Waals surface area contributed by atoms with Gasteiger partial charge in [0.05, 0.1) is 23.5 Å². The van der Waals surface area contributed by atoms with Gasteiger partial charge >= 0.3 is 0 Å². The lowest BCUT2D eigenvalue weighted by molar-refractivity contribution is 0.0964. The Morgan fingerprint density at radius 2 is 1.79 bits per heavy atom. The van der Waals surface area contributed by atoms with Crippen molar-refractivity contribution in [2.45, 2.75) is 13.0 Å². The summed E-state index contributed by atoms with van der Waals surface area (Å²) in [6.45, 7) is -0.168. The third kappa shape index (κ3) is 3.71. The van der Waals surface area contributed by atoms with Crippen LogP contribution in [0.4, 0.5) is 17.6 Å². The van der Waals surface area contributed by atoms with E-state index >= 15 is 0 Å². The van der Waals surface area contributed by atoms with E-state index in [1.165, 1.54) is 29.2 Å². The third-order valence-electron chi connectivity index (χ3n) is 4.37. The summed E-state index contributed by atoms with van der Waals surface area (Å²) in [7, 11) is 0. The molecule has 1 aromatic carbocycles. The average molecular weight is 400 g/mol. The molecule has 0 N–H and O–H groups in total. The minimum absolute atomic E-state index is 0.0827. The van der Waals surface area contributed by atoms with Crippen molar-refractivity contribution >= 4 is 16.8 Å². The summed E-state index contributed by atoms with van der Waals surface area (Å²) in [6.07, 6.45) is 0.918. The summed E-state index contributed by atoms with van der Waals surface area (Å²) < 4.78 is 53.9. The van der Waals surface area contributed by atoms with Crippen LogP contribution in [0, 0.1) is 11.6 Å². The van der Waals surface area contributed by atoms with Crippen LogP contribution in [0.5, 0.6) is 0 Å². The van der Waals surface area contributed by atoms with Gasteiger partial charge in [0.2, 0.25) is 5.78 Å². The van der Waals surface area contributed by atoms with Gasteiger partial charge in [-0.05, 0) is 35.9 Å². The van der Waals surface area contributed by atoms with E-state index in [-0.39, 0.29) is 18.0 Å². The Labute approximate surface area is 161 Å². The van der Waals surface area contributed by atoms with E-state index in [9.17, 15) is 22.4 Å². The number of nitrogens with zero attached hydrogens (tertiary/aromatic N) is 4. The van der Waals surface area contributed by atoms with Crippen LogP contribution >= 0.6 is 0 Å². The molecule has 3 aromatic heterocycles. The zero-order chi connectivity index (χ0) is 20.5. The normalized spacial score (nSPS) is 11.3. The van der Waals surface area contributed by atoms with Gasteiger partial charge in [0.1, 0.15) is 29.4 Å². The molecule has 146 valence electrons. The van der Waals surface area contributed by atoms with E-state index < -0.39 is 23.6 Å². The number of rotatable bonds is 5. The third-order valence-corrected chi connectivity index (χ3v) is 4.37. The Balaban J connectivity index is 1.69. The number of carbonyl (C=O) groups is 1. The quantitative estimate of drug-likeness (QED) is 0.363. The Morgan fingerprint density at radius 1 is 0.966 bits per heavy atom. The minimum atomic E-state index is -2.95. The maximum Gasteiger partial charge on any atom is 0.266 e. The molecule has 0 aliphatic rings. The van der Waals surface area contributed by atoms with Crippen molar-refractivity contribution in [2.75, 3.05) is 0 Å². The fourth-order valence-electron chi connectivity index (χ4n) is 2.89. The smallest absolute Gasteiger partial charge is 0.266 e. The highest BCUT2D eigenvalue weighted by atomic mass is 19.3. The largest absolute Gasteiger partial charge is 0.290 e. The van der Waals surface area contributed by atoms with Gasteiger partial charge in [-0.3, -0.25) is 19.4 Å². The predicted octanol–water partition coefficient (Wildman–Crippen LogP) is 4.59. The number of alkyl halides is 2. The van der Waals surface area contributed by atoms with Crippen LogP contribution in [0.25, 0.3) is 22.2 Å². The molecule has 3 heterocycles. The van der Waals surface area contributed by atoms with Crippen LogP contribution in [0.15, 0.2) is 55.0 Å². The molecule has 0 fully saturated rings. The van der Waals surface area contributed by atoms with Crippen LogP contribution in [-0.4, -0.2) is 25.5 Å². The molecule has 9 heteroatoms. The highest BCUT2D eigenvalue weighted by molar-refractivity contribution is 5.94. The molecular formula is C20H12F4N4O. The highest BCUT2D eigenvalue weighted by Crippen LogP contribution is 2.29. The van der Waals surface area contributed by atoms with Crippen molar-refractivity contribution < 1.29 is 22.4 Å². The van der Waals surface area contributed by atoms with Gasteiger partial charge in [0.25, 0.3) is 6.43 Å². The van der Waals surface area contributed by atoms with Crippen molar-refractivity contribution in [3.05, 3.63) is 77.9 Å². The zero-order valence-corrected chi connectivity index (χ0v) is 14.7. The van der Waals surface area contributed by atoms with E-state index in [0.717, 1.165) is 24.4 Å². The second-order valence-electron chi connectivity index (χ2n) is 6.25. The number of ketones is 1. The molecule has 0 bridgehead atoms. The van der Waals surface area contributed by atoms with Crippen LogP contribution in [0.1, 0.15) is 22.5 Å². The predicted molar refractivity (Wildman–Crippen MR) is 96.4 cm³/mol. The second-order valence-corrected chi connectivity index (χ2v) is 6.25. The number of carbonyl (C=O) groups excluding carboxylic acids is 1. The van der Waals surface area contributed by atoms with Gasteiger partial charge in [-0.2, -0.15) is 5.10 Å². The molecule has 0 aliphatic heterocycles. The van der Waals surface area contributed by atoms with Gasteiger partial charge < -0.3 is 0 Å². The van der Waals surface area contributed by atoms with Crippen molar-refractivity contribution in [1.82, 2.24) is 19.7 Å². The summed E-state index contributed by atoms with van der Waals surface area (Å²) in [4.78, 5) is 20.4. The molecule has 5 nitrogen and oxygen atoms in total. The SMILES string of the molecule is O=C(Cn1ncc2ncc(-c3ccc(F)c(C(F)F)c3)cc21)c1ccc(F)cn1. The van der Waals surface area contributed by atoms with Gasteiger partial charge in [0.15, 0.2) is 0 Å². The van der Waals surface area contributed by atoms with E-state index in [4.69, 9.17) is 0 Å². The van der Waals surface area contributed by atoms with E-state index in [0.29, 0.717) is 22.2 Å². The van der Waals surface area contributed by atoms with E-state index in [2.05, 4.69) is 15.1 Å². The molecule has 0 spiro atoms. The maximum absolute atomic E-state index is 13.6. The Kier molecular flexibility index (Phi) is 4.79. The Hall–Kier alpha value is -3.62. The van der Waals surface area contributed by atoms with Gasteiger partial charge in [-0.1, -0.05) is 6.07 Å². The summed E-state index contributed by atoms with van der Waals surface area (Å²) >= 11 is 0. The number of hydrogen-bond donors (Lipinski definition) is 0. The number of pyridine rings is 2. The summed E-state index contributed by atoms with van der Waals surface area (Å²) in [6, 6.07) is 7.45. The number of Topliss-reactive ketones (excluding diaryl/α,β-unsaturated/α-hetero) is 1. The fraction of sp³-hybridized carbons (Fsp3) is 0.100. The number of hydrogen-bond acceptors (Lipinski definition) is 4. The number of fused-ring (bicyclic) bond motifs is 1. The molecule has 0 saturated heterocycles. The molecule has 4 rings (SSSR count). The van der Waals surface area contributed by atoms with Crippen molar-refractivity contribution in [3.63, 3.8) is 0 Å². The molecule has 0 amide bonds. The first-order valence-corrected chi connectivity index (χ1v) is 8.46. The lowest BCUT2D eigenvalue weighted by Gasteiger charge is -2.07. The van der Waals surface area contributed by atoms with Gasteiger partial charge in [-0.15, -0.1) is 0 Å². The molecule has 0 atom stereocenters. The first-order chi connectivity index (χ1) is 13.9. The standard InChI is InChI=1S/C20H12F4N4O/c21-13-2-4-16(26-8-13)19(29)10-28-18-6-12(7-25-17(18)9-27-28)11-1-3-15(22)14(5-11)20(23)24/h1-9,20H,10H2. The van der Waals surface area contributed by atoms with Crippen molar-refractivity contribution in [1.29, 1.82) is 0 Å². The molecule has 0 saturated carbocycles. The summed E-state index contributed by atoms with van der Waals surface area (Å²) in [5.74, 6) is -1.93. The van der Waals surface area contributed by atoms with Crippen LogP contribution in [0.3, 0.4) is 0 Å². The highest BCUT2D eigenvalue weighted by Gasteiger charge is 2.16. The average Bonchev–Trinajstić information content (AvgIpc) is 3.10. The Bertz CT molecular complexity index is 1210. The van der Waals surface area contributed by atoms with Gasteiger partial charge in [0, 0.05) is 11.8 Å². The minimum Gasteiger partial charge on any atom is -0.290 e. The molecule has 4 aromatic rings. The van der Waals surface area contributed by atoms with Gasteiger partial charge in [-0.25, -0.2) is 17.6 Å². The lowest BCUT2D eigenvalue weighted by atomic mass is 10.0. The maximum atomic E-state index is 13.6. The number of aromatic nitrogens is 4. The van der Waals surface area contributed by atoms with Crippen LogP contribution in [0.2, 0.25) is 0 Å². The zero-order valence-electron chi connectivity index (χ0n) is 14.7.